The van der Waals surface area contributed by atoms with Gasteiger partial charge in [-0.1, -0.05) is 0 Å². The lowest BCUT2D eigenvalue weighted by Gasteiger charge is -2.04. The van der Waals surface area contributed by atoms with Crippen LogP contribution in [-0.2, 0) is 9.05 Å². The fourth-order valence-corrected chi connectivity index (χ4v) is 3.08. The molecule has 0 saturated carbocycles. The van der Waals surface area contributed by atoms with E-state index in [1.54, 1.807) is 0 Å². The summed E-state index contributed by atoms with van der Waals surface area (Å²) < 4.78 is 22.0. The predicted molar refractivity (Wildman–Crippen MR) is 55.8 cm³/mol. The Bertz CT molecular complexity index is 524. The van der Waals surface area contributed by atoms with Gasteiger partial charge in [-0.25, -0.2) is 13.2 Å². The minimum atomic E-state index is -4.06. The highest BCUT2D eigenvalue weighted by Gasteiger charge is 2.20. The van der Waals surface area contributed by atoms with E-state index < -0.39 is 31.2 Å². The van der Waals surface area contributed by atoms with E-state index in [9.17, 15) is 18.3 Å². The van der Waals surface area contributed by atoms with Crippen LogP contribution in [0.3, 0.4) is 0 Å². The number of hydrogen-bond acceptors (Lipinski definition) is 4. The summed E-state index contributed by atoms with van der Waals surface area (Å²) in [5.41, 5.74) is -0.530. The zero-order chi connectivity index (χ0) is 11.8. The van der Waals surface area contributed by atoms with Gasteiger partial charge in [0.25, 0.3) is 9.05 Å². The van der Waals surface area contributed by atoms with Crippen LogP contribution < -0.4 is 0 Å². The second kappa shape index (κ2) is 3.99. The van der Waals surface area contributed by atoms with Gasteiger partial charge in [0.2, 0.25) is 0 Å². The molecule has 0 unspecified atom stereocenters. The Balaban J connectivity index is 3.58. The average molecular weight is 316 g/mol. The van der Waals surface area contributed by atoms with Gasteiger partial charge in [-0.15, -0.1) is 0 Å². The zero-order valence-electron chi connectivity index (χ0n) is 6.94. The van der Waals surface area contributed by atoms with E-state index in [1.807, 2.05) is 0 Å². The van der Waals surface area contributed by atoms with Crippen LogP contribution in [0.1, 0.15) is 10.4 Å². The first-order valence-electron chi connectivity index (χ1n) is 3.44. The molecule has 0 spiro atoms. The molecular formula is C7H4BrClO5S. The summed E-state index contributed by atoms with van der Waals surface area (Å²) in [6.07, 6.45) is 0. The normalized spacial score (nSPS) is 11.3. The quantitative estimate of drug-likeness (QED) is 0.812. The van der Waals surface area contributed by atoms with Crippen LogP contribution in [-0.4, -0.2) is 24.6 Å². The van der Waals surface area contributed by atoms with Crippen molar-refractivity contribution in [3.63, 3.8) is 0 Å². The Hall–Kier alpha value is -0.790. The highest BCUT2D eigenvalue weighted by molar-refractivity contribution is 9.10. The summed E-state index contributed by atoms with van der Waals surface area (Å²) in [5.74, 6) is -1.99. The third-order valence-electron chi connectivity index (χ3n) is 1.54. The molecule has 1 aromatic rings. The Morgan fingerprint density at radius 2 is 1.93 bits per heavy atom. The van der Waals surface area contributed by atoms with Gasteiger partial charge in [0.05, 0.1) is 4.90 Å². The number of hydrogen-bond donors (Lipinski definition) is 2. The van der Waals surface area contributed by atoms with Gasteiger partial charge >= 0.3 is 5.97 Å². The second-order valence-electron chi connectivity index (χ2n) is 2.54. The molecule has 2 N–H and O–H groups in total. The third kappa shape index (κ3) is 2.61. The SMILES string of the molecule is O=C(O)c1cc(S(=O)(=O)Cl)c(Br)cc1O. The number of carbonyl (C=O) groups is 1. The maximum atomic E-state index is 11.0. The van der Waals surface area contributed by atoms with Crippen molar-refractivity contribution in [1.29, 1.82) is 0 Å². The lowest BCUT2D eigenvalue weighted by molar-refractivity contribution is 0.0693. The lowest BCUT2D eigenvalue weighted by Crippen LogP contribution is -2.01. The molecule has 0 atom stereocenters. The molecule has 0 bridgehead atoms. The Labute approximate surface area is 97.8 Å². The van der Waals surface area contributed by atoms with E-state index >= 15 is 0 Å². The monoisotopic (exact) mass is 314 g/mol. The third-order valence-corrected chi connectivity index (χ3v) is 3.82. The van der Waals surface area contributed by atoms with Crippen LogP contribution >= 0.6 is 26.6 Å². The molecule has 15 heavy (non-hydrogen) atoms. The van der Waals surface area contributed by atoms with Gasteiger partial charge in [-0.3, -0.25) is 0 Å². The molecule has 0 radical (unpaired) electrons. The number of benzene rings is 1. The topological polar surface area (TPSA) is 91.7 Å². The highest BCUT2D eigenvalue weighted by atomic mass is 79.9. The fourth-order valence-electron chi connectivity index (χ4n) is 0.901. The van der Waals surface area contributed by atoms with Crippen molar-refractivity contribution >= 4 is 41.6 Å². The Morgan fingerprint density at radius 1 is 1.40 bits per heavy atom. The minimum Gasteiger partial charge on any atom is -0.507 e. The van der Waals surface area contributed by atoms with Gasteiger partial charge in [0.1, 0.15) is 11.3 Å². The summed E-state index contributed by atoms with van der Waals surface area (Å²) in [6.45, 7) is 0. The van der Waals surface area contributed by atoms with Crippen molar-refractivity contribution < 1.29 is 23.4 Å². The van der Waals surface area contributed by atoms with Crippen LogP contribution in [0.4, 0.5) is 0 Å². The summed E-state index contributed by atoms with van der Waals surface area (Å²) in [6, 6.07) is 1.74. The van der Waals surface area contributed by atoms with Crippen molar-refractivity contribution in [2.75, 3.05) is 0 Å². The van der Waals surface area contributed by atoms with E-state index in [1.165, 1.54) is 0 Å². The first-order chi connectivity index (χ1) is 6.73. The molecule has 0 heterocycles. The molecule has 0 aromatic heterocycles. The fraction of sp³-hybridized carbons (Fsp3) is 0. The smallest absolute Gasteiger partial charge is 0.339 e. The molecule has 1 rings (SSSR count). The number of carboxylic acid groups (broad SMARTS) is 1. The van der Waals surface area contributed by atoms with E-state index in [2.05, 4.69) is 15.9 Å². The van der Waals surface area contributed by atoms with Gasteiger partial charge < -0.3 is 10.2 Å². The molecule has 82 valence electrons. The minimum absolute atomic E-state index is 0.000000000000000444. The predicted octanol–water partition coefficient (Wildman–Crippen LogP) is 1.78. The molecule has 0 aliphatic rings. The highest BCUT2D eigenvalue weighted by Crippen LogP contribution is 2.31. The number of phenols is 1. The number of aromatic hydroxyl groups is 1. The molecule has 0 aliphatic carbocycles. The summed E-state index contributed by atoms with van der Waals surface area (Å²) >= 11 is 2.85. The Kier molecular flexibility index (Phi) is 3.27. The summed E-state index contributed by atoms with van der Waals surface area (Å²) in [5, 5.41) is 17.8. The number of halogens is 2. The van der Waals surface area contributed by atoms with Crippen LogP contribution in [0, 0.1) is 0 Å². The molecule has 0 fully saturated rings. The average Bonchev–Trinajstić information content (AvgIpc) is 2.00. The van der Waals surface area contributed by atoms with Crippen molar-refractivity contribution in [1.82, 2.24) is 0 Å². The number of rotatable bonds is 2. The summed E-state index contributed by atoms with van der Waals surface area (Å²) in [7, 11) is 1.01. The first-order valence-corrected chi connectivity index (χ1v) is 6.54. The van der Waals surface area contributed by atoms with Gasteiger partial charge in [-0.2, -0.15) is 0 Å². The van der Waals surface area contributed by atoms with Crippen LogP contribution in [0.5, 0.6) is 5.75 Å². The van der Waals surface area contributed by atoms with E-state index in [4.69, 9.17) is 15.8 Å². The maximum Gasteiger partial charge on any atom is 0.339 e. The van der Waals surface area contributed by atoms with Gasteiger partial charge in [-0.05, 0) is 28.1 Å². The lowest BCUT2D eigenvalue weighted by atomic mass is 10.2. The first kappa shape index (κ1) is 12.3. The van der Waals surface area contributed by atoms with Crippen LogP contribution in [0.15, 0.2) is 21.5 Å². The van der Waals surface area contributed by atoms with E-state index in [0.29, 0.717) is 0 Å². The van der Waals surface area contributed by atoms with Gasteiger partial charge in [0, 0.05) is 15.2 Å². The molecule has 8 heteroatoms. The molecule has 0 saturated heterocycles. The van der Waals surface area contributed by atoms with E-state index in [-0.39, 0.29) is 4.47 Å². The molecular weight excluding hydrogens is 311 g/mol. The van der Waals surface area contributed by atoms with Gasteiger partial charge in [0.15, 0.2) is 0 Å². The largest absolute Gasteiger partial charge is 0.507 e. The van der Waals surface area contributed by atoms with Crippen LogP contribution in [0.2, 0.25) is 0 Å². The maximum absolute atomic E-state index is 11.0. The Morgan fingerprint density at radius 3 is 2.33 bits per heavy atom. The molecule has 1 aromatic carbocycles. The molecule has 0 aliphatic heterocycles. The number of carboxylic acids is 1. The summed E-state index contributed by atoms with van der Waals surface area (Å²) in [4.78, 5) is 10.2. The molecule has 5 nitrogen and oxygen atoms in total. The molecule has 0 amide bonds. The van der Waals surface area contributed by atoms with Crippen molar-refractivity contribution in [3.8, 4) is 5.75 Å². The number of aromatic carboxylic acids is 1. The second-order valence-corrected chi connectivity index (χ2v) is 5.93. The van der Waals surface area contributed by atoms with Crippen molar-refractivity contribution in [2.45, 2.75) is 4.90 Å². The van der Waals surface area contributed by atoms with E-state index in [0.717, 1.165) is 12.1 Å². The van der Waals surface area contributed by atoms with Crippen LogP contribution in [0.25, 0.3) is 0 Å². The standard InChI is InChI=1S/C7H4BrClO5S/c8-4-2-5(10)3(7(11)12)1-6(4)15(9,13)14/h1-2,10H,(H,11,12). The van der Waals surface area contributed by atoms with Crippen molar-refractivity contribution in [3.05, 3.63) is 22.2 Å². The zero-order valence-corrected chi connectivity index (χ0v) is 10.1. The van der Waals surface area contributed by atoms with Crippen molar-refractivity contribution in [2.24, 2.45) is 0 Å².